The smallest absolute Gasteiger partial charge is 0.142 e. The molecule has 0 bridgehead atoms. The molecule has 6 aliphatic heterocycles. The Morgan fingerprint density at radius 1 is 0.442 bits per heavy atom. The third-order valence-corrected chi connectivity index (χ3v) is 28.3. The number of hydrogen-bond acceptors (Lipinski definition) is 25. The van der Waals surface area contributed by atoms with Gasteiger partial charge in [0.25, 0.3) is 0 Å². The monoisotopic (exact) mass is 1820 g/mol. The summed E-state index contributed by atoms with van der Waals surface area (Å²) < 4.78 is 33.3. The van der Waals surface area contributed by atoms with E-state index >= 15 is 0 Å². The number of rotatable bonds is 34. The van der Waals surface area contributed by atoms with Crippen LogP contribution in [0.25, 0.3) is 0 Å². The second-order valence-corrected chi connectivity index (χ2v) is 37.0. The van der Waals surface area contributed by atoms with Crippen molar-refractivity contribution in [2.45, 2.75) is 166 Å². The number of anilines is 1. The Bertz CT molecular complexity index is 4560. The molecule has 2 unspecified atom stereocenters. The quantitative estimate of drug-likeness (QED) is 0.0122. The van der Waals surface area contributed by atoms with Crippen molar-refractivity contribution in [3.05, 3.63) is 246 Å². The van der Waals surface area contributed by atoms with Gasteiger partial charge in [0.2, 0.25) is 0 Å². The normalized spacial score (nSPS) is 19.2. The lowest BCUT2D eigenvalue weighted by Gasteiger charge is -2.49. The van der Waals surface area contributed by atoms with Crippen LogP contribution in [0.15, 0.2) is 248 Å². The molecular weight excluding hydrogens is 1680 g/mol. The Morgan fingerprint density at radius 2 is 0.891 bits per heavy atom. The second-order valence-electron chi connectivity index (χ2n) is 34.4. The molecule has 7 aromatic carbocycles. The van der Waals surface area contributed by atoms with E-state index in [1.165, 1.54) is 58.0 Å². The molecule has 1 aliphatic carbocycles. The minimum atomic E-state index is -0.308. The Hall–Kier alpha value is -8.38. The van der Waals surface area contributed by atoms with Crippen LogP contribution in [-0.4, -0.2) is 280 Å². The lowest BCUT2D eigenvalue weighted by molar-refractivity contribution is -0.0437. The van der Waals surface area contributed by atoms with Crippen LogP contribution in [0.3, 0.4) is 0 Å². The van der Waals surface area contributed by atoms with E-state index in [4.69, 9.17) is 57.8 Å². The van der Waals surface area contributed by atoms with Crippen molar-refractivity contribution in [3.63, 3.8) is 0 Å². The average Bonchev–Trinajstić information content (AvgIpc) is 1.21. The van der Waals surface area contributed by atoms with Gasteiger partial charge < -0.3 is 57.5 Å². The van der Waals surface area contributed by atoms with Gasteiger partial charge in [-0.05, 0) is 222 Å². The predicted molar refractivity (Wildman–Crippen MR) is 534 cm³/mol. The molecule has 700 valence electrons. The summed E-state index contributed by atoms with van der Waals surface area (Å²) in [5.74, 6) is 0.865. The van der Waals surface area contributed by atoms with Crippen molar-refractivity contribution in [1.29, 1.82) is 0 Å². The van der Waals surface area contributed by atoms with E-state index in [0.717, 1.165) is 237 Å². The third kappa shape index (κ3) is 28.3. The number of morpholine rings is 3. The van der Waals surface area contributed by atoms with Crippen molar-refractivity contribution < 1.29 is 52.6 Å². The molecule has 7 fully saturated rings. The summed E-state index contributed by atoms with van der Waals surface area (Å²) in [6.07, 6.45) is 24.5. The van der Waals surface area contributed by atoms with Crippen LogP contribution in [-0.2, 0) is 60.9 Å². The maximum Gasteiger partial charge on any atom is 0.142 e. The first-order valence-corrected chi connectivity index (χ1v) is 49.5. The number of methoxy groups -OCH3 is 2. The summed E-state index contributed by atoms with van der Waals surface area (Å²) in [6.45, 7) is 33.2. The fourth-order valence-corrected chi connectivity index (χ4v) is 19.6. The van der Waals surface area contributed by atoms with Gasteiger partial charge in [0, 0.05) is 121 Å². The van der Waals surface area contributed by atoms with Gasteiger partial charge in [-0.3, -0.25) is 24.5 Å². The van der Waals surface area contributed by atoms with E-state index in [1.807, 2.05) is 49.6 Å². The predicted octanol–water partition coefficient (Wildman–Crippen LogP) is 19.1. The molecule has 14 rings (SSSR count). The van der Waals surface area contributed by atoms with Crippen LogP contribution in [0.2, 0.25) is 0 Å². The van der Waals surface area contributed by atoms with Crippen molar-refractivity contribution in [1.82, 2.24) is 24.5 Å². The second kappa shape index (κ2) is 53.4. The summed E-state index contributed by atoms with van der Waals surface area (Å²) in [5, 5.41) is 22.7. The van der Waals surface area contributed by atoms with Gasteiger partial charge in [-0.2, -0.15) is 0 Å². The molecule has 0 N–H and O–H groups in total. The number of likely N-dealkylation sites (tertiary alicyclic amines) is 2. The molecule has 6 heterocycles. The minimum absolute atomic E-state index is 0.0401. The van der Waals surface area contributed by atoms with Crippen LogP contribution < -0.4 is 9.64 Å². The van der Waals surface area contributed by atoms with Gasteiger partial charge in [-0.15, -0.1) is 41.9 Å². The fraction of sp³-hybridized carbons (Fsp3) is 0.510. The van der Waals surface area contributed by atoms with E-state index in [1.54, 1.807) is 69.8 Å². The van der Waals surface area contributed by atoms with Crippen LogP contribution in [0.5, 0.6) is 5.75 Å². The molecule has 0 amide bonds. The van der Waals surface area contributed by atoms with Crippen LogP contribution in [0.4, 0.5) is 5.69 Å². The van der Waals surface area contributed by atoms with Crippen molar-refractivity contribution in [3.8, 4) is 5.75 Å². The zero-order valence-corrected chi connectivity index (χ0v) is 81.9. The Balaban J connectivity index is 0.000000169. The number of hydrogen-bond donors (Lipinski definition) is 0. The molecule has 0 radical (unpaired) electrons. The van der Waals surface area contributed by atoms with E-state index in [9.17, 15) is 0 Å². The number of piperidine rings is 1. The number of oxime groups is 5. The molecule has 7 aliphatic rings. The molecule has 7 aromatic rings. The average molecular weight is 1820 g/mol. The number of likely N-dealkylation sites (N-methyl/N-ethyl adjacent to an activating group) is 1. The van der Waals surface area contributed by atoms with Gasteiger partial charge in [-0.25, -0.2) is 0 Å². The van der Waals surface area contributed by atoms with Gasteiger partial charge in [0.05, 0.1) is 80.5 Å². The Labute approximate surface area is 783 Å². The molecular formula is C104H145N11O11S3. The Morgan fingerprint density at radius 3 is 1.39 bits per heavy atom. The topological polar surface area (TPSA) is 183 Å². The van der Waals surface area contributed by atoms with Gasteiger partial charge >= 0.3 is 0 Å². The van der Waals surface area contributed by atoms with Crippen molar-refractivity contribution >= 4 is 69.5 Å². The van der Waals surface area contributed by atoms with Crippen LogP contribution in [0, 0.1) is 0 Å². The molecule has 0 aromatic heterocycles. The van der Waals surface area contributed by atoms with Gasteiger partial charge in [0.15, 0.2) is 0 Å². The highest BCUT2D eigenvalue weighted by atomic mass is 32.2. The lowest BCUT2D eigenvalue weighted by atomic mass is 9.74. The van der Waals surface area contributed by atoms with E-state index in [-0.39, 0.29) is 27.7 Å². The molecule has 25 heteroatoms. The zero-order chi connectivity index (χ0) is 91.8. The molecule has 6 saturated heterocycles. The summed E-state index contributed by atoms with van der Waals surface area (Å²) in [7, 11) is 12.6. The SMILES string of the molecule is C=CCON=C(c1ccc(SC)cc1)C(C)(CC=C)N1CCOCC1.CON=C(c1ccc(N2CCOCC2)cc1)C(C)(Cc1ccccc1)N(C)C.CON=C(c1ccc(OC)cc1)C1(N2CCC(OC)CC2)CCCCC1.CON=C(c1ccc(SC)cc1)C(C)(C)N1CCCC1.CSc1ccc(C(=NOCc2ccccc2)C2(N3CCOCC3)CCOCC2)cc1. The first kappa shape index (κ1) is 103. The maximum atomic E-state index is 5.95. The first-order valence-electron chi connectivity index (χ1n) is 45.8. The largest absolute Gasteiger partial charge is 0.497 e. The van der Waals surface area contributed by atoms with Crippen molar-refractivity contribution in [2.75, 3.05) is 198 Å². The van der Waals surface area contributed by atoms with Gasteiger partial charge in [-0.1, -0.05) is 173 Å². The number of nitrogens with zero attached hydrogens (tertiary/aromatic N) is 11. The Kier molecular flexibility index (Phi) is 42.5. The highest BCUT2D eigenvalue weighted by Gasteiger charge is 2.48. The van der Waals surface area contributed by atoms with Crippen molar-refractivity contribution in [2.24, 2.45) is 25.8 Å². The lowest BCUT2D eigenvalue weighted by Crippen LogP contribution is -2.60. The number of ether oxygens (including phenoxy) is 6. The van der Waals surface area contributed by atoms with E-state index in [0.29, 0.717) is 19.3 Å². The fourth-order valence-electron chi connectivity index (χ4n) is 18.4. The van der Waals surface area contributed by atoms with Crippen LogP contribution in [0.1, 0.15) is 144 Å². The maximum absolute atomic E-state index is 5.95. The number of benzene rings is 7. The zero-order valence-electron chi connectivity index (χ0n) is 79.4. The van der Waals surface area contributed by atoms with E-state index < -0.39 is 0 Å². The summed E-state index contributed by atoms with van der Waals surface area (Å²) in [5.41, 5.74) is 13.1. The number of thioether (sulfide) groups is 3. The summed E-state index contributed by atoms with van der Waals surface area (Å²) >= 11 is 5.23. The summed E-state index contributed by atoms with van der Waals surface area (Å²) in [4.78, 5) is 45.6. The standard InChI is InChI=1S/C24H30N2O3S.C23H31N3O2.C21H32N2O3.C20H28N2O2S.C16H24N2OS/c1-30-22-9-7-21(8-10-22)23(25-29-19-20-5-3-2-4-6-20)24(11-15-27-16-12-24)26-13-17-28-18-14-26;1-23(25(2)3,18-19-8-6-5-7-9-19)22(24-27-4)20-10-12-21(13-11-20)26-14-16-28-17-15-26;1-24-18-9-7-17(8-10-18)20(22-26-3)21(13-5-4-6-14-21)23-15-11-19(25-2)12-16-23;1-5-11-20(3,22-12-15-23-16-13-22)19(21-24-14-6-2)17-7-9-18(25-4)10-8-17;1-16(2,18-11-5-6-12-18)15(17-19-3)13-7-9-14(20-4)10-8-13/h2-10H,11-19H2,1H3;5-13H,14-18H2,1-4H3;7-10,19H,4-6,11-16H2,1-3H3;5-10H,1-2,11-16H2,3-4H3;7-10H,5-6,11-12H2,1-4H3. The minimum Gasteiger partial charge on any atom is -0.497 e. The molecule has 0 spiro atoms. The van der Waals surface area contributed by atoms with Crippen LogP contribution >= 0.6 is 35.3 Å². The third-order valence-electron chi connectivity index (χ3n) is 26.1. The highest BCUT2D eigenvalue weighted by Crippen LogP contribution is 2.41. The highest BCUT2D eigenvalue weighted by molar-refractivity contribution is 7.99. The molecule has 1 saturated carbocycles. The van der Waals surface area contributed by atoms with Gasteiger partial charge in [0.1, 0.15) is 68.9 Å². The summed E-state index contributed by atoms with van der Waals surface area (Å²) in [6, 6.07) is 63.3. The first-order chi connectivity index (χ1) is 62.8. The molecule has 129 heavy (non-hydrogen) atoms. The molecule has 22 nitrogen and oxygen atoms in total. The van der Waals surface area contributed by atoms with E-state index in [2.05, 4.69) is 269 Å². The molecule has 2 atom stereocenters.